The van der Waals surface area contributed by atoms with E-state index < -0.39 is 0 Å². The second-order valence-electron chi connectivity index (χ2n) is 5.00. The van der Waals surface area contributed by atoms with Gasteiger partial charge in [0.25, 0.3) is 5.91 Å². The van der Waals surface area contributed by atoms with Gasteiger partial charge in [-0.3, -0.25) is 4.79 Å². The molecule has 112 valence electrons. The van der Waals surface area contributed by atoms with Crippen LogP contribution in [0, 0.1) is 6.92 Å². The van der Waals surface area contributed by atoms with E-state index in [4.69, 9.17) is 10.5 Å². The number of benzene rings is 1. The van der Waals surface area contributed by atoms with E-state index in [9.17, 15) is 4.79 Å². The monoisotopic (exact) mass is 278 g/mol. The first-order chi connectivity index (χ1) is 9.56. The minimum Gasteiger partial charge on any atom is -0.398 e. The lowest BCUT2D eigenvalue weighted by Gasteiger charge is -2.31. The third-order valence-corrected chi connectivity index (χ3v) is 3.70. The molecule has 0 saturated carbocycles. The molecule has 0 radical (unpaired) electrons. The van der Waals surface area contributed by atoms with Crippen LogP contribution in [0.5, 0.6) is 0 Å². The third kappa shape index (κ3) is 3.73. The van der Waals surface area contributed by atoms with Crippen molar-refractivity contribution in [3.05, 3.63) is 29.3 Å². The van der Waals surface area contributed by atoms with Crippen LogP contribution in [0.2, 0.25) is 0 Å². The normalized spacial score (nSPS) is 10.8. The first kappa shape index (κ1) is 16.5. The lowest BCUT2D eigenvalue weighted by Crippen LogP contribution is -2.42. The van der Waals surface area contributed by atoms with Gasteiger partial charge in [-0.15, -0.1) is 0 Å². The highest BCUT2D eigenvalue weighted by molar-refractivity contribution is 6.00. The SMILES string of the molecule is CCC(CC)N(CCOC)C(=O)c1c(C)cccc1N. The number of nitrogens with zero attached hydrogens (tertiary/aromatic N) is 1. The largest absolute Gasteiger partial charge is 0.398 e. The summed E-state index contributed by atoms with van der Waals surface area (Å²) in [6, 6.07) is 5.79. The van der Waals surface area contributed by atoms with Gasteiger partial charge >= 0.3 is 0 Å². The molecule has 0 aliphatic carbocycles. The summed E-state index contributed by atoms with van der Waals surface area (Å²) >= 11 is 0. The smallest absolute Gasteiger partial charge is 0.256 e. The second-order valence-corrected chi connectivity index (χ2v) is 5.00. The van der Waals surface area contributed by atoms with Crippen LogP contribution in [-0.4, -0.2) is 37.1 Å². The zero-order chi connectivity index (χ0) is 15.1. The maximum absolute atomic E-state index is 12.8. The van der Waals surface area contributed by atoms with E-state index in [1.165, 1.54) is 0 Å². The van der Waals surface area contributed by atoms with Crippen LogP contribution in [0.15, 0.2) is 18.2 Å². The maximum Gasteiger partial charge on any atom is 0.256 e. The Morgan fingerprint density at radius 1 is 1.35 bits per heavy atom. The first-order valence-corrected chi connectivity index (χ1v) is 7.21. The fourth-order valence-corrected chi connectivity index (χ4v) is 2.50. The van der Waals surface area contributed by atoms with Crippen LogP contribution in [0.3, 0.4) is 0 Å². The van der Waals surface area contributed by atoms with Gasteiger partial charge < -0.3 is 15.4 Å². The molecule has 0 fully saturated rings. The summed E-state index contributed by atoms with van der Waals surface area (Å²) in [4.78, 5) is 14.7. The number of nitrogens with two attached hydrogens (primary N) is 1. The van der Waals surface area contributed by atoms with Crippen molar-refractivity contribution in [3.63, 3.8) is 0 Å². The van der Waals surface area contributed by atoms with E-state index in [1.54, 1.807) is 13.2 Å². The van der Waals surface area contributed by atoms with E-state index in [0.29, 0.717) is 24.4 Å². The van der Waals surface area contributed by atoms with Crippen LogP contribution in [0.1, 0.15) is 42.6 Å². The minimum atomic E-state index is 0.00588. The summed E-state index contributed by atoms with van der Waals surface area (Å²) in [5.74, 6) is 0.00588. The predicted molar refractivity (Wildman–Crippen MR) is 82.9 cm³/mol. The van der Waals surface area contributed by atoms with Crippen molar-refractivity contribution in [3.8, 4) is 0 Å². The molecule has 0 aromatic heterocycles. The Balaban J connectivity index is 3.09. The topological polar surface area (TPSA) is 55.6 Å². The lowest BCUT2D eigenvalue weighted by molar-refractivity contribution is 0.0590. The highest BCUT2D eigenvalue weighted by Gasteiger charge is 2.24. The third-order valence-electron chi connectivity index (χ3n) is 3.70. The summed E-state index contributed by atoms with van der Waals surface area (Å²) in [5.41, 5.74) is 8.08. The van der Waals surface area contributed by atoms with Crippen molar-refractivity contribution >= 4 is 11.6 Å². The molecule has 0 bridgehead atoms. The van der Waals surface area contributed by atoms with Crippen LogP contribution >= 0.6 is 0 Å². The van der Waals surface area contributed by atoms with Gasteiger partial charge in [0.1, 0.15) is 0 Å². The van der Waals surface area contributed by atoms with Gasteiger partial charge in [0.2, 0.25) is 0 Å². The number of carbonyl (C=O) groups excluding carboxylic acids is 1. The molecule has 0 saturated heterocycles. The molecule has 4 heteroatoms. The summed E-state index contributed by atoms with van der Waals surface area (Å²) in [6.07, 6.45) is 1.86. The van der Waals surface area contributed by atoms with Crippen molar-refractivity contribution in [2.75, 3.05) is 26.0 Å². The molecule has 20 heavy (non-hydrogen) atoms. The average Bonchev–Trinajstić information content (AvgIpc) is 2.43. The van der Waals surface area contributed by atoms with Gasteiger partial charge in [-0.2, -0.15) is 0 Å². The Kier molecular flexibility index (Phi) is 6.52. The molecular weight excluding hydrogens is 252 g/mol. The Bertz CT molecular complexity index is 422. The number of hydrogen-bond donors (Lipinski definition) is 1. The fourth-order valence-electron chi connectivity index (χ4n) is 2.50. The average molecular weight is 278 g/mol. The van der Waals surface area contributed by atoms with E-state index in [-0.39, 0.29) is 11.9 Å². The van der Waals surface area contributed by atoms with Gasteiger partial charge in [-0.25, -0.2) is 0 Å². The standard InChI is InChI=1S/C16H26N2O2/c1-5-13(6-2)18(10-11-20-4)16(19)15-12(3)8-7-9-14(15)17/h7-9,13H,5-6,10-11,17H2,1-4H3. The summed E-state index contributed by atoms with van der Waals surface area (Å²) in [7, 11) is 1.65. The van der Waals surface area contributed by atoms with E-state index in [1.807, 2.05) is 24.0 Å². The van der Waals surface area contributed by atoms with E-state index >= 15 is 0 Å². The Morgan fingerprint density at radius 3 is 2.50 bits per heavy atom. The van der Waals surface area contributed by atoms with Crippen molar-refractivity contribution in [1.82, 2.24) is 4.90 Å². The highest BCUT2D eigenvalue weighted by Crippen LogP contribution is 2.21. The van der Waals surface area contributed by atoms with Crippen molar-refractivity contribution in [1.29, 1.82) is 0 Å². The number of methoxy groups -OCH3 is 1. The van der Waals surface area contributed by atoms with Crippen LogP contribution in [-0.2, 0) is 4.74 Å². The van der Waals surface area contributed by atoms with E-state index in [0.717, 1.165) is 18.4 Å². The number of aryl methyl sites for hydroxylation is 1. The number of rotatable bonds is 7. The molecule has 0 heterocycles. The number of nitrogen functional groups attached to an aromatic ring is 1. The summed E-state index contributed by atoms with van der Waals surface area (Å²) in [5, 5.41) is 0. The first-order valence-electron chi connectivity index (χ1n) is 7.21. The molecule has 1 rings (SSSR count). The molecule has 0 spiro atoms. The summed E-state index contributed by atoms with van der Waals surface area (Å²) in [6.45, 7) is 7.25. The van der Waals surface area contributed by atoms with Gasteiger partial charge in [0.05, 0.1) is 12.2 Å². The number of ether oxygens (including phenoxy) is 1. The van der Waals surface area contributed by atoms with Crippen LogP contribution in [0.25, 0.3) is 0 Å². The zero-order valence-corrected chi connectivity index (χ0v) is 13.0. The zero-order valence-electron chi connectivity index (χ0n) is 13.0. The Morgan fingerprint density at radius 2 is 2.00 bits per heavy atom. The molecule has 4 nitrogen and oxygen atoms in total. The van der Waals surface area contributed by atoms with Crippen molar-refractivity contribution in [2.24, 2.45) is 0 Å². The number of amides is 1. The minimum absolute atomic E-state index is 0.00588. The Labute approximate surface area is 121 Å². The molecule has 1 aromatic rings. The number of hydrogen-bond acceptors (Lipinski definition) is 3. The molecule has 0 aliphatic heterocycles. The molecule has 2 N–H and O–H groups in total. The molecule has 0 unspecified atom stereocenters. The molecule has 0 atom stereocenters. The quantitative estimate of drug-likeness (QED) is 0.780. The molecule has 0 aliphatic rings. The fraction of sp³-hybridized carbons (Fsp3) is 0.562. The van der Waals surface area contributed by atoms with Crippen LogP contribution < -0.4 is 5.73 Å². The molecular formula is C16H26N2O2. The van der Waals surface area contributed by atoms with E-state index in [2.05, 4.69) is 13.8 Å². The highest BCUT2D eigenvalue weighted by atomic mass is 16.5. The van der Waals surface area contributed by atoms with Gasteiger partial charge in [0, 0.05) is 25.4 Å². The van der Waals surface area contributed by atoms with Gasteiger partial charge in [0.15, 0.2) is 0 Å². The molecule has 1 aromatic carbocycles. The van der Waals surface area contributed by atoms with Crippen molar-refractivity contribution in [2.45, 2.75) is 39.7 Å². The number of anilines is 1. The second kappa shape index (κ2) is 7.90. The summed E-state index contributed by atoms with van der Waals surface area (Å²) < 4.78 is 5.13. The van der Waals surface area contributed by atoms with Crippen LogP contribution in [0.4, 0.5) is 5.69 Å². The predicted octanol–water partition coefficient (Wildman–Crippen LogP) is 2.85. The van der Waals surface area contributed by atoms with Crippen molar-refractivity contribution < 1.29 is 9.53 Å². The lowest BCUT2D eigenvalue weighted by atomic mass is 10.0. The van der Waals surface area contributed by atoms with Gasteiger partial charge in [-0.1, -0.05) is 26.0 Å². The van der Waals surface area contributed by atoms with Gasteiger partial charge in [-0.05, 0) is 31.4 Å². The Hall–Kier alpha value is -1.55. The molecule has 1 amide bonds. The maximum atomic E-state index is 12.8. The number of carbonyl (C=O) groups is 1.